The van der Waals surface area contributed by atoms with Crippen molar-refractivity contribution in [2.75, 3.05) is 0 Å². The van der Waals surface area contributed by atoms with Gasteiger partial charge in [-0.25, -0.2) is 0 Å². The molecule has 1 atom stereocenters. The highest BCUT2D eigenvalue weighted by atomic mass is 16.2. The average Bonchev–Trinajstić information content (AvgIpc) is 2.82. The van der Waals surface area contributed by atoms with Gasteiger partial charge in [-0.3, -0.25) is 9.59 Å². The smallest absolute Gasteiger partial charge is 0.257 e. The van der Waals surface area contributed by atoms with Crippen LogP contribution in [0.1, 0.15) is 120 Å². The summed E-state index contributed by atoms with van der Waals surface area (Å²) >= 11 is 0. The second-order valence-corrected chi connectivity index (χ2v) is 12.1. The summed E-state index contributed by atoms with van der Waals surface area (Å²) in [7, 11) is 0. The number of benzene rings is 1. The Hall–Kier alpha value is -2.10. The van der Waals surface area contributed by atoms with Gasteiger partial charge in [-0.2, -0.15) is 0 Å². The Morgan fingerprint density at radius 3 is 2.31 bits per heavy atom. The molecule has 1 unspecified atom stereocenters. The summed E-state index contributed by atoms with van der Waals surface area (Å²) in [5.41, 5.74) is 2.36. The number of hydrogen-bond donors (Lipinski definition) is 1. The predicted molar refractivity (Wildman–Crippen MR) is 144 cm³/mol. The van der Waals surface area contributed by atoms with Crippen molar-refractivity contribution in [3.05, 3.63) is 45.7 Å². The minimum atomic E-state index is -0.144. The van der Waals surface area contributed by atoms with Gasteiger partial charge in [0, 0.05) is 23.7 Å². The van der Waals surface area contributed by atoms with Crippen LogP contribution in [0.3, 0.4) is 0 Å². The van der Waals surface area contributed by atoms with Gasteiger partial charge in [0.05, 0.1) is 5.52 Å². The van der Waals surface area contributed by atoms with E-state index in [-0.39, 0.29) is 16.9 Å². The molecule has 1 N–H and O–H groups in total. The number of hydrogen-bond acceptors (Lipinski definition) is 2. The Balaban J connectivity index is 1.51. The first-order valence-electron chi connectivity index (χ1n) is 14.4. The Bertz CT molecular complexity index is 1100. The number of pyridine rings is 1. The largest absolute Gasteiger partial charge is 0.346 e. The van der Waals surface area contributed by atoms with E-state index in [4.69, 9.17) is 0 Å². The maximum Gasteiger partial charge on any atom is 0.257 e. The number of nitrogens with one attached hydrogen (secondary N) is 1. The zero-order valence-corrected chi connectivity index (χ0v) is 22.1. The van der Waals surface area contributed by atoms with Crippen LogP contribution in [0.4, 0.5) is 0 Å². The quantitative estimate of drug-likeness (QED) is 0.369. The fourth-order valence-corrected chi connectivity index (χ4v) is 8.07. The lowest BCUT2D eigenvalue weighted by Gasteiger charge is -2.56. The van der Waals surface area contributed by atoms with Crippen molar-refractivity contribution in [2.24, 2.45) is 17.8 Å². The molecule has 4 aliphatic carbocycles. The van der Waals surface area contributed by atoms with Gasteiger partial charge in [-0.15, -0.1) is 0 Å². The highest BCUT2D eigenvalue weighted by molar-refractivity contribution is 5.98. The van der Waals surface area contributed by atoms with Crippen LogP contribution < -0.4 is 10.7 Å². The van der Waals surface area contributed by atoms with Crippen molar-refractivity contribution in [3.8, 4) is 0 Å². The van der Waals surface area contributed by atoms with Crippen molar-refractivity contribution in [1.29, 1.82) is 0 Å². The van der Waals surface area contributed by atoms with Crippen LogP contribution in [-0.4, -0.2) is 16.0 Å². The normalized spacial score (nSPS) is 27.9. The third-order valence-electron chi connectivity index (χ3n) is 9.37. The number of aromatic nitrogens is 1. The third-order valence-corrected chi connectivity index (χ3v) is 9.37. The molecule has 0 saturated heterocycles. The van der Waals surface area contributed by atoms with Gasteiger partial charge < -0.3 is 9.88 Å². The van der Waals surface area contributed by atoms with E-state index in [9.17, 15) is 9.59 Å². The van der Waals surface area contributed by atoms with Crippen LogP contribution in [0, 0.1) is 17.8 Å². The molecule has 1 amide bonds. The van der Waals surface area contributed by atoms with Crippen LogP contribution in [-0.2, 0) is 6.54 Å². The first-order valence-corrected chi connectivity index (χ1v) is 14.4. The summed E-state index contributed by atoms with van der Waals surface area (Å²) in [5.74, 6) is 2.60. The van der Waals surface area contributed by atoms with Crippen molar-refractivity contribution in [3.63, 3.8) is 0 Å². The van der Waals surface area contributed by atoms with Crippen LogP contribution in [0.2, 0.25) is 0 Å². The highest BCUT2D eigenvalue weighted by Crippen LogP contribution is 2.55. The molecule has 1 aromatic carbocycles. The highest BCUT2D eigenvalue weighted by Gasteiger charge is 2.51. The van der Waals surface area contributed by atoms with Crippen molar-refractivity contribution in [1.82, 2.24) is 9.88 Å². The fourth-order valence-electron chi connectivity index (χ4n) is 8.07. The minimum Gasteiger partial charge on any atom is -0.346 e. The van der Waals surface area contributed by atoms with Crippen LogP contribution in [0.15, 0.2) is 29.2 Å². The molecule has 0 spiro atoms. The van der Waals surface area contributed by atoms with Crippen molar-refractivity contribution >= 4 is 16.8 Å². The van der Waals surface area contributed by atoms with Crippen LogP contribution in [0.5, 0.6) is 0 Å². The number of carbonyl (C=O) groups is 1. The first-order chi connectivity index (χ1) is 16.9. The number of aryl methyl sites for hydroxylation is 1. The number of fused-ring (bicyclic) bond motifs is 1. The van der Waals surface area contributed by atoms with E-state index >= 15 is 0 Å². The summed E-state index contributed by atoms with van der Waals surface area (Å²) in [6, 6.07) is 6.42. The first kappa shape index (κ1) is 24.6. The summed E-state index contributed by atoms with van der Waals surface area (Å²) in [6.45, 7) is 7.49. The maximum atomic E-state index is 13.8. The maximum absolute atomic E-state index is 13.8. The SMILES string of the molecule is CCCCCn1cc(C(=O)NC23CC4CC(CC(C4)C2)C3)c(=O)c2cc(C(CC)CCC)ccc21. The molecule has 0 aliphatic heterocycles. The molecule has 1 heterocycles. The number of amides is 1. The van der Waals surface area contributed by atoms with Gasteiger partial charge in [0.15, 0.2) is 0 Å². The number of rotatable bonds is 10. The number of unbranched alkanes of at least 4 members (excludes halogenated alkanes) is 2. The van der Waals surface area contributed by atoms with Crippen LogP contribution >= 0.6 is 0 Å². The molecule has 4 bridgehead atoms. The van der Waals surface area contributed by atoms with E-state index in [1.807, 2.05) is 6.20 Å². The van der Waals surface area contributed by atoms with Gasteiger partial charge >= 0.3 is 0 Å². The number of carbonyl (C=O) groups excluding carboxylic acids is 1. The fraction of sp³-hybridized carbons (Fsp3) is 0.677. The summed E-state index contributed by atoms with van der Waals surface area (Å²) < 4.78 is 2.17. The molecule has 1 aromatic heterocycles. The van der Waals surface area contributed by atoms with Crippen molar-refractivity contribution in [2.45, 2.75) is 116 Å². The minimum absolute atomic E-state index is 0.0868. The monoisotopic (exact) mass is 476 g/mol. The lowest BCUT2D eigenvalue weighted by molar-refractivity contribution is -0.0167. The number of nitrogens with zero attached hydrogens (tertiary/aromatic N) is 1. The molecular formula is C31H44N2O2. The Labute approximate surface area is 210 Å². The third kappa shape index (κ3) is 4.82. The van der Waals surface area contributed by atoms with Gasteiger partial charge in [0.25, 0.3) is 5.91 Å². The molecule has 4 heteroatoms. The van der Waals surface area contributed by atoms with E-state index in [2.05, 4.69) is 48.9 Å². The molecule has 4 fully saturated rings. The second-order valence-electron chi connectivity index (χ2n) is 12.1. The molecular weight excluding hydrogens is 432 g/mol. The predicted octanol–water partition coefficient (Wildman–Crippen LogP) is 7.18. The molecule has 0 radical (unpaired) electrons. The van der Waals surface area contributed by atoms with E-state index < -0.39 is 0 Å². The molecule has 35 heavy (non-hydrogen) atoms. The Kier molecular flexibility index (Phi) is 7.10. The lowest BCUT2D eigenvalue weighted by Crippen LogP contribution is -2.60. The zero-order chi connectivity index (χ0) is 24.6. The topological polar surface area (TPSA) is 51.1 Å². The van der Waals surface area contributed by atoms with E-state index in [1.165, 1.54) is 24.8 Å². The Morgan fingerprint density at radius 2 is 1.71 bits per heavy atom. The van der Waals surface area contributed by atoms with E-state index in [0.717, 1.165) is 87.6 Å². The molecule has 4 saturated carbocycles. The lowest BCUT2D eigenvalue weighted by atomic mass is 9.53. The van der Waals surface area contributed by atoms with Crippen molar-refractivity contribution < 1.29 is 4.79 Å². The van der Waals surface area contributed by atoms with Gasteiger partial charge in [0.2, 0.25) is 5.43 Å². The summed E-state index contributed by atoms with van der Waals surface area (Å²) in [4.78, 5) is 27.5. The average molecular weight is 477 g/mol. The zero-order valence-electron chi connectivity index (χ0n) is 22.1. The molecule has 190 valence electrons. The van der Waals surface area contributed by atoms with Crippen LogP contribution in [0.25, 0.3) is 10.9 Å². The summed E-state index contributed by atoms with van der Waals surface area (Å²) in [5, 5.41) is 4.17. The molecule has 4 aliphatic rings. The molecule has 4 nitrogen and oxygen atoms in total. The molecule has 2 aromatic rings. The van der Waals surface area contributed by atoms with E-state index in [1.54, 1.807) is 0 Å². The standard InChI is InChI=1S/C31H44N2O2/c1-4-7-8-12-33-20-27(29(34)26-16-25(10-11-28(26)33)24(6-3)9-5-2)30(35)32-31-17-21-13-22(18-31)15-23(14-21)19-31/h10-11,16,20-24H,4-9,12-15,17-19H2,1-3H3,(H,32,35). The second kappa shape index (κ2) is 10.1. The Morgan fingerprint density at radius 1 is 1.03 bits per heavy atom. The van der Waals surface area contributed by atoms with Gasteiger partial charge in [0.1, 0.15) is 5.56 Å². The molecule has 6 rings (SSSR count). The van der Waals surface area contributed by atoms with E-state index in [0.29, 0.717) is 16.9 Å². The van der Waals surface area contributed by atoms with Gasteiger partial charge in [-0.05, 0) is 99.2 Å². The van der Waals surface area contributed by atoms with Gasteiger partial charge in [-0.1, -0.05) is 46.1 Å². The summed E-state index contributed by atoms with van der Waals surface area (Å²) in [6.07, 6.45) is 15.9.